The minimum absolute atomic E-state index is 0. The van der Waals surface area contributed by atoms with Gasteiger partial charge < -0.3 is 17.1 Å². The minimum atomic E-state index is 0. The van der Waals surface area contributed by atoms with Crippen LogP contribution in [0.4, 0.5) is 0 Å². The molecule has 0 amide bonds. The number of hydrogen-bond donors (Lipinski definition) is 2. The van der Waals surface area contributed by atoms with Gasteiger partial charge in [0.15, 0.2) is 0 Å². The van der Waals surface area contributed by atoms with E-state index in [-0.39, 0.29) is 53.2 Å². The summed E-state index contributed by atoms with van der Waals surface area (Å²) in [5, 5.41) is 24.8. The predicted molar refractivity (Wildman–Crippen MR) is 110 cm³/mol. The van der Waals surface area contributed by atoms with Crippen LogP contribution in [-0.2, 0) is 0 Å². The molecule has 2 nitrogen and oxygen atoms in total. The van der Waals surface area contributed by atoms with E-state index in [4.69, 9.17) is 0 Å². The van der Waals surface area contributed by atoms with Gasteiger partial charge in [-0.1, -0.05) is 74.0 Å². The molecule has 0 saturated carbocycles. The molecule has 0 atom stereocenters. The largest absolute Gasteiger partial charge is 0.507 e. The molecule has 0 aliphatic carbocycles. The van der Waals surface area contributed by atoms with Crippen LogP contribution in [0.1, 0.15) is 19.8 Å². The van der Waals surface area contributed by atoms with Gasteiger partial charge in [0.1, 0.15) is 11.5 Å². The zero-order valence-corrected chi connectivity index (χ0v) is 18.6. The zero-order valence-electron chi connectivity index (χ0n) is 15.4. The van der Waals surface area contributed by atoms with E-state index < -0.39 is 0 Å². The van der Waals surface area contributed by atoms with Crippen LogP contribution in [0.3, 0.4) is 0 Å². The van der Waals surface area contributed by atoms with Gasteiger partial charge in [-0.25, -0.2) is 0 Å². The van der Waals surface area contributed by atoms with E-state index in [0.29, 0.717) is 11.1 Å². The molecule has 0 aromatic heterocycles. The Balaban J connectivity index is 0.000000479. The quantitative estimate of drug-likeness (QED) is 0.312. The third-order valence-electron chi connectivity index (χ3n) is 4.42. The van der Waals surface area contributed by atoms with Crippen molar-refractivity contribution in [2.45, 2.75) is 19.8 Å². The van der Waals surface area contributed by atoms with Crippen LogP contribution in [0.5, 0.6) is 11.5 Å². The standard InChI is InChI=1S/C20H14O2.C4H9.Ce/c21-17-11-9-13-5-1-3-7-15(13)19(17)20-16-8-4-2-6-14(16)10-12-18(20)22;1-3-4-2;/h1-12,21-22H;1,3-4H2,2H3;/q;-1;. The number of hydrogen-bond acceptors (Lipinski definition) is 2. The Hall–Kier alpha value is -1.62. The van der Waals surface area contributed by atoms with Gasteiger partial charge in [-0.2, -0.15) is 6.42 Å². The Morgan fingerprint density at radius 1 is 0.667 bits per heavy atom. The van der Waals surface area contributed by atoms with Crippen molar-refractivity contribution in [2.75, 3.05) is 0 Å². The first kappa shape index (κ1) is 21.7. The molecule has 0 spiro atoms. The van der Waals surface area contributed by atoms with Gasteiger partial charge in [-0.05, 0) is 33.7 Å². The molecule has 0 fully saturated rings. The number of aromatic hydroxyl groups is 2. The van der Waals surface area contributed by atoms with Crippen molar-refractivity contribution in [1.29, 1.82) is 0 Å². The molecule has 0 saturated heterocycles. The molecule has 0 aliphatic rings. The first-order valence-corrected chi connectivity index (χ1v) is 8.88. The Kier molecular flexibility index (Phi) is 8.08. The first-order valence-electron chi connectivity index (χ1n) is 8.88. The van der Waals surface area contributed by atoms with Crippen molar-refractivity contribution in [3.8, 4) is 22.6 Å². The Bertz CT molecular complexity index is 956. The van der Waals surface area contributed by atoms with Crippen molar-refractivity contribution in [2.24, 2.45) is 0 Å². The summed E-state index contributed by atoms with van der Waals surface area (Å²) in [6, 6.07) is 22.9. The molecule has 0 aliphatic heterocycles. The second kappa shape index (κ2) is 10.1. The van der Waals surface area contributed by atoms with Gasteiger partial charge in [0, 0.05) is 52.9 Å². The van der Waals surface area contributed by atoms with E-state index in [1.165, 1.54) is 6.42 Å². The molecule has 136 valence electrons. The number of phenols is 2. The second-order valence-corrected chi connectivity index (χ2v) is 6.22. The van der Waals surface area contributed by atoms with Crippen molar-refractivity contribution < 1.29 is 52.0 Å². The van der Waals surface area contributed by atoms with Crippen LogP contribution in [0.2, 0.25) is 0 Å². The molecule has 4 aromatic rings. The van der Waals surface area contributed by atoms with Crippen LogP contribution < -0.4 is 0 Å². The molecule has 4 rings (SSSR count). The summed E-state index contributed by atoms with van der Waals surface area (Å²) >= 11 is 0. The van der Waals surface area contributed by atoms with E-state index in [1.807, 2.05) is 60.7 Å². The summed E-state index contributed by atoms with van der Waals surface area (Å²) in [7, 11) is 0. The Labute approximate surface area is 194 Å². The maximum atomic E-state index is 10.4. The van der Waals surface area contributed by atoms with E-state index in [2.05, 4.69) is 13.8 Å². The Morgan fingerprint density at radius 2 is 1.04 bits per heavy atom. The summed E-state index contributed by atoms with van der Waals surface area (Å²) in [4.78, 5) is 0. The smallest absolute Gasteiger partial charge is 0.124 e. The summed E-state index contributed by atoms with van der Waals surface area (Å²) < 4.78 is 0. The van der Waals surface area contributed by atoms with E-state index >= 15 is 0 Å². The summed E-state index contributed by atoms with van der Waals surface area (Å²) in [5.41, 5.74) is 1.35. The topological polar surface area (TPSA) is 40.5 Å². The van der Waals surface area contributed by atoms with Crippen molar-refractivity contribution in [3.63, 3.8) is 0 Å². The number of benzene rings is 4. The summed E-state index contributed by atoms with van der Waals surface area (Å²) in [6.07, 6.45) is 2.28. The molecule has 27 heavy (non-hydrogen) atoms. The van der Waals surface area contributed by atoms with Crippen molar-refractivity contribution >= 4 is 21.5 Å². The zero-order chi connectivity index (χ0) is 18.5. The average Bonchev–Trinajstić information content (AvgIpc) is 2.69. The van der Waals surface area contributed by atoms with Crippen molar-refractivity contribution in [1.82, 2.24) is 0 Å². The summed E-state index contributed by atoms with van der Waals surface area (Å²) in [6.45, 7) is 5.72. The fourth-order valence-corrected chi connectivity index (χ4v) is 3.05. The molecule has 0 unspecified atom stereocenters. The van der Waals surface area contributed by atoms with E-state index in [1.54, 1.807) is 12.1 Å². The molecule has 0 radical (unpaired) electrons. The maximum Gasteiger partial charge on any atom is 0.124 e. The molecular weight excluding hydrogens is 460 g/mol. The number of unbranched alkanes of at least 4 members (excludes halogenated alkanes) is 1. The van der Waals surface area contributed by atoms with E-state index in [0.717, 1.165) is 28.0 Å². The SMILES string of the molecule is Oc1ccc2ccccc2c1-c1c(O)ccc2ccccc12.[CH2-]CCC.[Ce]. The third kappa shape index (κ3) is 4.62. The van der Waals surface area contributed by atoms with Crippen LogP contribution in [0, 0.1) is 48.7 Å². The van der Waals surface area contributed by atoms with Gasteiger partial charge in [0.2, 0.25) is 0 Å². The van der Waals surface area contributed by atoms with Crippen LogP contribution in [0.25, 0.3) is 32.7 Å². The van der Waals surface area contributed by atoms with Crippen LogP contribution in [0.15, 0.2) is 72.8 Å². The Morgan fingerprint density at radius 3 is 1.41 bits per heavy atom. The second-order valence-electron chi connectivity index (χ2n) is 6.22. The fraction of sp³-hybridized carbons (Fsp3) is 0.125. The van der Waals surface area contributed by atoms with Gasteiger partial charge in [-0.15, -0.1) is 0 Å². The van der Waals surface area contributed by atoms with Gasteiger partial charge in [0.05, 0.1) is 0 Å². The summed E-state index contributed by atoms with van der Waals surface area (Å²) in [5.74, 6) is 0.343. The molecule has 0 heterocycles. The van der Waals surface area contributed by atoms with Gasteiger partial charge in [-0.3, -0.25) is 0 Å². The molecule has 4 aromatic carbocycles. The molecule has 0 bridgehead atoms. The predicted octanol–water partition coefficient (Wildman–Crippen LogP) is 6.69. The maximum absolute atomic E-state index is 10.4. The monoisotopic (exact) mass is 483 g/mol. The van der Waals surface area contributed by atoms with Crippen LogP contribution in [-0.4, -0.2) is 10.2 Å². The number of phenolic OH excluding ortho intramolecular Hbond substituents is 2. The van der Waals surface area contributed by atoms with E-state index in [9.17, 15) is 10.2 Å². The third-order valence-corrected chi connectivity index (χ3v) is 4.42. The molecule has 2 N–H and O–H groups in total. The van der Waals surface area contributed by atoms with Gasteiger partial charge >= 0.3 is 0 Å². The average molecular weight is 484 g/mol. The first-order chi connectivity index (χ1) is 12.7. The molecular formula is C24H23CeO2-. The minimum Gasteiger partial charge on any atom is -0.507 e. The number of fused-ring (bicyclic) bond motifs is 2. The number of rotatable bonds is 2. The molecule has 3 heteroatoms. The van der Waals surface area contributed by atoms with Crippen LogP contribution >= 0.6 is 0 Å². The normalized spacial score (nSPS) is 10.1. The van der Waals surface area contributed by atoms with Crippen molar-refractivity contribution in [3.05, 3.63) is 79.7 Å². The van der Waals surface area contributed by atoms with Gasteiger partial charge in [0.25, 0.3) is 0 Å². The fourth-order valence-electron chi connectivity index (χ4n) is 3.05.